The highest BCUT2D eigenvalue weighted by Crippen LogP contribution is 2.51. The van der Waals surface area contributed by atoms with E-state index in [-0.39, 0.29) is 32.0 Å². The fraction of sp³-hybridized carbons (Fsp3) is 0.750. The molecule has 4 atom stereocenters. The molecule has 0 nitrogen and oxygen atoms in total. The Morgan fingerprint density at radius 1 is 1.37 bits per heavy atom. The quantitative estimate of drug-likeness (QED) is 0.539. The van der Waals surface area contributed by atoms with Crippen LogP contribution in [0.1, 0.15) is 47.5 Å². The summed E-state index contributed by atoms with van der Waals surface area (Å²) in [5.74, 6) is 1.89. The highest BCUT2D eigenvalue weighted by atomic mass is 31.2. The summed E-state index contributed by atoms with van der Waals surface area (Å²) >= 11 is 0. The van der Waals surface area contributed by atoms with Gasteiger partial charge in [-0.15, -0.1) is 0 Å². The van der Waals surface area contributed by atoms with Gasteiger partial charge in [0.1, 0.15) is 32.2 Å². The molecule has 0 aromatic carbocycles. The molecular formula is C16H29FP2+2. The zero-order chi connectivity index (χ0) is 14.8. The standard InChI is InChI=1S/C16H29FP2/c1-8-18(6)11-19(7)16(4,5)10-14-9-12(2)15(17)13(14)3/h12,14H,6-11H2,1-5H3/q+2/t12-,14-/m1/s1. The van der Waals surface area contributed by atoms with Crippen molar-refractivity contribution in [3.05, 3.63) is 11.4 Å². The molecule has 0 N–H and O–H groups in total. The van der Waals surface area contributed by atoms with Crippen LogP contribution in [0.15, 0.2) is 11.4 Å². The van der Waals surface area contributed by atoms with Crippen LogP contribution in [0.3, 0.4) is 0 Å². The smallest absolute Gasteiger partial charge is 0.212 e. The molecule has 0 aromatic heterocycles. The van der Waals surface area contributed by atoms with E-state index in [1.54, 1.807) is 0 Å². The first-order valence-electron chi connectivity index (χ1n) is 7.18. The molecular weight excluding hydrogens is 273 g/mol. The maximum absolute atomic E-state index is 13.9. The first-order chi connectivity index (χ1) is 8.69. The highest BCUT2D eigenvalue weighted by molar-refractivity contribution is 7.73. The molecule has 0 amide bonds. The van der Waals surface area contributed by atoms with Crippen LogP contribution in [0.25, 0.3) is 0 Å². The number of hydrogen-bond donors (Lipinski definition) is 0. The molecule has 108 valence electrons. The van der Waals surface area contributed by atoms with Crippen LogP contribution in [-0.2, 0) is 0 Å². The maximum atomic E-state index is 13.9. The Kier molecular flexibility index (Phi) is 5.96. The van der Waals surface area contributed by atoms with Gasteiger partial charge in [-0.05, 0) is 52.0 Å². The van der Waals surface area contributed by atoms with E-state index in [2.05, 4.69) is 33.4 Å². The summed E-state index contributed by atoms with van der Waals surface area (Å²) in [4.78, 5) is 0. The van der Waals surface area contributed by atoms with Crippen molar-refractivity contribution in [3.8, 4) is 0 Å². The Bertz CT molecular complexity index is 407. The third kappa shape index (κ3) is 4.24. The predicted molar refractivity (Wildman–Crippen MR) is 93.3 cm³/mol. The summed E-state index contributed by atoms with van der Waals surface area (Å²) in [5, 5.41) is 0.235. The average Bonchev–Trinajstić information content (AvgIpc) is 2.56. The summed E-state index contributed by atoms with van der Waals surface area (Å²) in [7, 11) is -0.360. The first-order valence-corrected chi connectivity index (χ1v) is 10.8. The van der Waals surface area contributed by atoms with E-state index in [9.17, 15) is 4.39 Å². The second kappa shape index (κ2) is 6.64. The van der Waals surface area contributed by atoms with E-state index < -0.39 is 0 Å². The molecule has 0 bridgehead atoms. The molecule has 0 saturated carbocycles. The van der Waals surface area contributed by atoms with E-state index in [0.29, 0.717) is 5.92 Å². The van der Waals surface area contributed by atoms with E-state index in [4.69, 9.17) is 0 Å². The largest absolute Gasteiger partial charge is 0.252 e. The van der Waals surface area contributed by atoms with Gasteiger partial charge in [-0.3, -0.25) is 0 Å². The SMILES string of the molecule is C=[P+](CC)C[P+](=C)C(C)(C)C[C@H]1C[C@@H](C)C(F)=C1C. The highest BCUT2D eigenvalue weighted by Gasteiger charge is 2.40. The minimum atomic E-state index is -0.262. The molecule has 0 spiro atoms. The van der Waals surface area contributed by atoms with Crippen molar-refractivity contribution in [2.24, 2.45) is 11.8 Å². The minimum absolute atomic E-state index is 0.0984. The third-order valence-electron chi connectivity index (χ3n) is 4.48. The molecule has 0 heterocycles. The second-order valence-electron chi connectivity index (χ2n) is 6.55. The van der Waals surface area contributed by atoms with E-state index in [1.165, 1.54) is 12.1 Å². The maximum Gasteiger partial charge on any atom is 0.252 e. The van der Waals surface area contributed by atoms with E-state index in [0.717, 1.165) is 18.4 Å². The van der Waals surface area contributed by atoms with Gasteiger partial charge >= 0.3 is 0 Å². The molecule has 1 rings (SSSR count). The molecule has 0 aromatic rings. The lowest BCUT2D eigenvalue weighted by atomic mass is 9.90. The zero-order valence-electron chi connectivity index (χ0n) is 13.2. The molecule has 2 unspecified atom stereocenters. The molecule has 3 heteroatoms. The predicted octanol–water partition coefficient (Wildman–Crippen LogP) is 5.86. The molecule has 19 heavy (non-hydrogen) atoms. The van der Waals surface area contributed by atoms with Crippen molar-refractivity contribution in [1.29, 1.82) is 0 Å². The summed E-state index contributed by atoms with van der Waals surface area (Å²) < 4.78 is 13.9. The van der Waals surface area contributed by atoms with Crippen LogP contribution in [0.5, 0.6) is 0 Å². The zero-order valence-corrected chi connectivity index (χ0v) is 15.0. The topological polar surface area (TPSA) is 0 Å². The van der Waals surface area contributed by atoms with E-state index >= 15 is 0 Å². The van der Waals surface area contributed by atoms with Gasteiger partial charge in [-0.2, -0.15) is 0 Å². The Morgan fingerprint density at radius 3 is 2.37 bits per heavy atom. The third-order valence-corrected chi connectivity index (χ3v) is 10.2. The van der Waals surface area contributed by atoms with Crippen LogP contribution in [-0.4, -0.2) is 29.8 Å². The lowest BCUT2D eigenvalue weighted by molar-refractivity contribution is 0.433. The molecule has 0 aliphatic heterocycles. The van der Waals surface area contributed by atoms with E-state index in [1.807, 2.05) is 13.8 Å². The molecule has 1 aliphatic carbocycles. The summed E-state index contributed by atoms with van der Waals surface area (Å²) in [6.07, 6.45) is 11.9. The molecule has 0 fully saturated rings. The van der Waals surface area contributed by atoms with Gasteiger partial charge in [-0.25, -0.2) is 4.39 Å². The van der Waals surface area contributed by atoms with Crippen LogP contribution in [0, 0.1) is 11.8 Å². The van der Waals surface area contributed by atoms with Crippen molar-refractivity contribution in [1.82, 2.24) is 0 Å². The monoisotopic (exact) mass is 302 g/mol. The van der Waals surface area contributed by atoms with Gasteiger partial charge in [0.25, 0.3) is 5.90 Å². The van der Waals surface area contributed by atoms with Crippen molar-refractivity contribution < 1.29 is 4.39 Å². The lowest BCUT2D eigenvalue weighted by Crippen LogP contribution is -2.20. The normalized spacial score (nSPS) is 25.8. The van der Waals surface area contributed by atoms with Crippen LogP contribution in [0.2, 0.25) is 0 Å². The second-order valence-corrected chi connectivity index (χ2v) is 11.9. The van der Waals surface area contributed by atoms with Gasteiger partial charge in [0.05, 0.1) is 12.6 Å². The summed E-state index contributed by atoms with van der Waals surface area (Å²) in [6, 6.07) is 0. The van der Waals surface area contributed by atoms with Crippen molar-refractivity contribution in [2.75, 3.05) is 12.1 Å². The fourth-order valence-electron chi connectivity index (χ4n) is 2.79. The Labute approximate surface area is 120 Å². The number of allylic oxidation sites excluding steroid dienone is 2. The number of hydrogen-bond acceptors (Lipinski definition) is 0. The van der Waals surface area contributed by atoms with Crippen LogP contribution >= 0.6 is 15.1 Å². The van der Waals surface area contributed by atoms with Crippen LogP contribution in [0.4, 0.5) is 4.39 Å². The number of rotatable bonds is 6. The molecule has 0 radical (unpaired) electrons. The number of halogens is 1. The van der Waals surface area contributed by atoms with Gasteiger partial charge in [0.15, 0.2) is 0 Å². The van der Waals surface area contributed by atoms with Gasteiger partial charge < -0.3 is 0 Å². The Morgan fingerprint density at radius 2 is 1.95 bits per heavy atom. The van der Waals surface area contributed by atoms with Crippen molar-refractivity contribution >= 4 is 27.7 Å². The minimum Gasteiger partial charge on any atom is -0.212 e. The van der Waals surface area contributed by atoms with Gasteiger partial charge in [-0.1, -0.05) is 6.92 Å². The van der Waals surface area contributed by atoms with Crippen molar-refractivity contribution in [2.45, 2.75) is 52.6 Å². The Balaban J connectivity index is 2.70. The van der Waals surface area contributed by atoms with Gasteiger partial charge in [0.2, 0.25) is 0 Å². The average molecular weight is 302 g/mol. The lowest BCUT2D eigenvalue weighted by Gasteiger charge is -2.22. The molecule has 1 aliphatic rings. The Hall–Kier alpha value is 0.01000. The first kappa shape index (κ1) is 17.1. The summed E-state index contributed by atoms with van der Waals surface area (Å²) in [5.41, 5.74) is 0.997. The summed E-state index contributed by atoms with van der Waals surface area (Å²) in [6.45, 7) is 10.8. The molecule has 0 saturated heterocycles. The van der Waals surface area contributed by atoms with Crippen molar-refractivity contribution in [3.63, 3.8) is 0 Å². The van der Waals surface area contributed by atoms with Gasteiger partial charge in [0, 0.05) is 5.92 Å². The van der Waals surface area contributed by atoms with Crippen LogP contribution < -0.4 is 0 Å². The fourth-order valence-corrected chi connectivity index (χ4v) is 7.53.